The zero-order chi connectivity index (χ0) is 23.7. The molecule has 0 atom stereocenters. The van der Waals surface area contributed by atoms with Crippen molar-refractivity contribution >= 4 is 29.3 Å². The molecule has 1 aliphatic carbocycles. The van der Waals surface area contributed by atoms with Crippen LogP contribution in [-0.2, 0) is 16.0 Å². The first kappa shape index (κ1) is 22.1. The van der Waals surface area contributed by atoms with Crippen LogP contribution < -0.4 is 5.32 Å². The van der Waals surface area contributed by atoms with Crippen LogP contribution in [0.5, 0.6) is 0 Å². The van der Waals surface area contributed by atoms with E-state index in [1.54, 1.807) is 5.38 Å². The first-order chi connectivity index (χ1) is 16.5. The van der Waals surface area contributed by atoms with Crippen LogP contribution in [0.3, 0.4) is 0 Å². The Bertz CT molecular complexity index is 1210. The summed E-state index contributed by atoms with van der Waals surface area (Å²) >= 11 is 1.34. The number of fused-ring (bicyclic) bond motifs is 3. The number of aliphatic carboxylic acids is 1. The highest BCUT2D eigenvalue weighted by atomic mass is 32.1. The number of likely N-dealkylation sites (tertiary alicyclic amines) is 1. The molecule has 1 aliphatic heterocycles. The fraction of sp³-hybridized carbons (Fsp3) is 0.280. The normalized spacial score (nSPS) is 14.8. The second kappa shape index (κ2) is 9.26. The summed E-state index contributed by atoms with van der Waals surface area (Å²) in [7, 11) is 0. The van der Waals surface area contributed by atoms with E-state index in [9.17, 15) is 14.4 Å². The molecule has 34 heavy (non-hydrogen) atoms. The van der Waals surface area contributed by atoms with Crippen molar-refractivity contribution in [2.24, 2.45) is 5.92 Å². The van der Waals surface area contributed by atoms with Crippen LogP contribution in [0.4, 0.5) is 4.79 Å². The van der Waals surface area contributed by atoms with Crippen molar-refractivity contribution in [1.29, 1.82) is 0 Å². The van der Waals surface area contributed by atoms with E-state index in [1.165, 1.54) is 27.4 Å². The maximum absolute atomic E-state index is 12.4. The number of carbonyl (C=O) groups is 3. The van der Waals surface area contributed by atoms with E-state index in [0.29, 0.717) is 18.7 Å². The lowest BCUT2D eigenvalue weighted by Crippen LogP contribution is -2.53. The molecule has 0 radical (unpaired) electrons. The standard InChI is InChI=1S/C25H23N3O5S/c29-23(28-11-15(12-28)24(30)31)21-14-34-22(27-21)9-10-26-25(32)33-13-20-18-7-3-1-5-16(18)17-6-2-4-8-19(17)20/h1-8,14-15,20H,9-13H2,(H,26,32)(H,30,31). The molecule has 174 valence electrons. The van der Waals surface area contributed by atoms with Gasteiger partial charge in [-0.2, -0.15) is 0 Å². The zero-order valence-electron chi connectivity index (χ0n) is 18.3. The second-order valence-electron chi connectivity index (χ2n) is 8.37. The highest BCUT2D eigenvalue weighted by Crippen LogP contribution is 2.44. The maximum atomic E-state index is 12.4. The third-order valence-electron chi connectivity index (χ3n) is 6.24. The van der Waals surface area contributed by atoms with E-state index < -0.39 is 18.0 Å². The van der Waals surface area contributed by atoms with Gasteiger partial charge < -0.3 is 20.1 Å². The third kappa shape index (κ3) is 4.26. The molecule has 8 nitrogen and oxygen atoms in total. The Labute approximate surface area is 200 Å². The fourth-order valence-electron chi connectivity index (χ4n) is 4.41. The van der Waals surface area contributed by atoms with Gasteiger partial charge >= 0.3 is 12.1 Å². The first-order valence-electron chi connectivity index (χ1n) is 11.1. The van der Waals surface area contributed by atoms with Crippen molar-refractivity contribution in [3.8, 4) is 11.1 Å². The highest BCUT2D eigenvalue weighted by molar-refractivity contribution is 7.09. The largest absolute Gasteiger partial charge is 0.481 e. The Balaban J connectivity index is 1.10. The number of hydrogen-bond acceptors (Lipinski definition) is 6. The van der Waals surface area contributed by atoms with Crippen LogP contribution >= 0.6 is 11.3 Å². The van der Waals surface area contributed by atoms with E-state index in [-0.39, 0.29) is 31.5 Å². The van der Waals surface area contributed by atoms with Crippen molar-refractivity contribution in [2.75, 3.05) is 26.2 Å². The van der Waals surface area contributed by atoms with Gasteiger partial charge in [-0.3, -0.25) is 9.59 Å². The summed E-state index contributed by atoms with van der Waals surface area (Å²) in [6, 6.07) is 16.4. The Morgan fingerprint density at radius 2 is 1.71 bits per heavy atom. The number of hydrogen-bond donors (Lipinski definition) is 2. The topological polar surface area (TPSA) is 109 Å². The molecule has 9 heteroatoms. The summed E-state index contributed by atoms with van der Waals surface area (Å²) in [4.78, 5) is 41.4. The molecular formula is C25H23N3O5S. The molecule has 1 aromatic heterocycles. The number of thiazole rings is 1. The Morgan fingerprint density at radius 3 is 2.35 bits per heavy atom. The summed E-state index contributed by atoms with van der Waals surface area (Å²) in [5.41, 5.74) is 4.99. The fourth-order valence-corrected chi connectivity index (χ4v) is 5.18. The molecule has 2 heterocycles. The van der Waals surface area contributed by atoms with E-state index in [4.69, 9.17) is 9.84 Å². The zero-order valence-corrected chi connectivity index (χ0v) is 19.1. The summed E-state index contributed by atoms with van der Waals surface area (Å²) < 4.78 is 5.53. The van der Waals surface area contributed by atoms with E-state index in [2.05, 4.69) is 34.6 Å². The minimum Gasteiger partial charge on any atom is -0.481 e. The van der Waals surface area contributed by atoms with Gasteiger partial charge in [0.2, 0.25) is 0 Å². The van der Waals surface area contributed by atoms with E-state index >= 15 is 0 Å². The van der Waals surface area contributed by atoms with Crippen LogP contribution in [0.15, 0.2) is 53.9 Å². The molecule has 5 rings (SSSR count). The van der Waals surface area contributed by atoms with Gasteiger partial charge in [-0.15, -0.1) is 11.3 Å². The van der Waals surface area contributed by atoms with Gasteiger partial charge in [-0.25, -0.2) is 9.78 Å². The van der Waals surface area contributed by atoms with Crippen LogP contribution in [0.25, 0.3) is 11.1 Å². The summed E-state index contributed by atoms with van der Waals surface area (Å²) in [5, 5.41) is 14.1. The lowest BCUT2D eigenvalue weighted by molar-refractivity contribution is -0.146. The summed E-state index contributed by atoms with van der Waals surface area (Å²) in [5.74, 6) is -1.64. The number of carbonyl (C=O) groups excluding carboxylic acids is 2. The summed E-state index contributed by atoms with van der Waals surface area (Å²) in [6.07, 6.45) is -0.0186. The van der Waals surface area contributed by atoms with Gasteiger partial charge in [-0.1, -0.05) is 48.5 Å². The molecule has 3 aromatic rings. The van der Waals surface area contributed by atoms with Crippen LogP contribution in [-0.4, -0.2) is 59.2 Å². The molecule has 0 unspecified atom stereocenters. The lowest BCUT2D eigenvalue weighted by Gasteiger charge is -2.36. The first-order valence-corrected chi connectivity index (χ1v) is 11.9. The molecule has 2 aliphatic rings. The molecule has 0 spiro atoms. The number of nitrogens with one attached hydrogen (secondary N) is 1. The van der Waals surface area contributed by atoms with Crippen LogP contribution in [0.1, 0.15) is 32.5 Å². The Morgan fingerprint density at radius 1 is 1.06 bits per heavy atom. The van der Waals surface area contributed by atoms with Crippen molar-refractivity contribution in [1.82, 2.24) is 15.2 Å². The lowest BCUT2D eigenvalue weighted by atomic mass is 9.98. The number of benzene rings is 2. The number of rotatable bonds is 7. The van der Waals surface area contributed by atoms with E-state index in [0.717, 1.165) is 16.1 Å². The predicted molar refractivity (Wildman–Crippen MR) is 126 cm³/mol. The second-order valence-corrected chi connectivity index (χ2v) is 9.32. The smallest absolute Gasteiger partial charge is 0.407 e. The van der Waals surface area contributed by atoms with Gasteiger partial charge in [-0.05, 0) is 22.3 Å². The van der Waals surface area contributed by atoms with Gasteiger partial charge in [0.05, 0.1) is 10.9 Å². The van der Waals surface area contributed by atoms with Crippen LogP contribution in [0.2, 0.25) is 0 Å². The van der Waals surface area contributed by atoms with Gasteiger partial charge in [0.25, 0.3) is 5.91 Å². The van der Waals surface area contributed by atoms with Crippen molar-refractivity contribution in [3.63, 3.8) is 0 Å². The van der Waals surface area contributed by atoms with Gasteiger partial charge in [0.15, 0.2) is 0 Å². The molecule has 2 amide bonds. The molecule has 0 bridgehead atoms. The number of ether oxygens (including phenoxy) is 1. The molecule has 2 aromatic carbocycles. The number of carboxylic acid groups (broad SMARTS) is 1. The minimum absolute atomic E-state index is 0.00733. The third-order valence-corrected chi connectivity index (χ3v) is 7.15. The van der Waals surface area contributed by atoms with Crippen molar-refractivity contribution in [2.45, 2.75) is 12.3 Å². The Hall–Kier alpha value is -3.72. The number of aromatic nitrogens is 1. The number of nitrogens with zero attached hydrogens (tertiary/aromatic N) is 2. The molecule has 2 N–H and O–H groups in total. The van der Waals surface area contributed by atoms with Crippen molar-refractivity contribution < 1.29 is 24.2 Å². The monoisotopic (exact) mass is 477 g/mol. The summed E-state index contributed by atoms with van der Waals surface area (Å²) in [6.45, 7) is 1.01. The quantitative estimate of drug-likeness (QED) is 0.540. The Kier molecular flexibility index (Phi) is 6.02. The SMILES string of the molecule is O=C(NCCc1nc(C(=O)N2CC(C(=O)O)C2)cs1)OCC1c2ccccc2-c2ccccc21. The number of carboxylic acids is 1. The average molecular weight is 478 g/mol. The van der Waals surface area contributed by atoms with Crippen molar-refractivity contribution in [3.05, 3.63) is 75.7 Å². The molecule has 1 fully saturated rings. The minimum atomic E-state index is -0.887. The highest BCUT2D eigenvalue weighted by Gasteiger charge is 2.36. The molecular weight excluding hydrogens is 454 g/mol. The van der Waals surface area contributed by atoms with Gasteiger partial charge in [0.1, 0.15) is 12.3 Å². The van der Waals surface area contributed by atoms with Gasteiger partial charge in [0, 0.05) is 37.4 Å². The average Bonchev–Trinajstić information content (AvgIpc) is 3.39. The molecule has 1 saturated heterocycles. The number of alkyl carbamates (subject to hydrolysis) is 1. The van der Waals surface area contributed by atoms with Crippen LogP contribution in [0, 0.1) is 5.92 Å². The maximum Gasteiger partial charge on any atom is 0.407 e. The molecule has 0 saturated carbocycles. The number of amides is 2. The predicted octanol–water partition coefficient (Wildman–Crippen LogP) is 3.38. The van der Waals surface area contributed by atoms with E-state index in [1.807, 2.05) is 24.3 Å².